The number of nitrogens with zero attached hydrogens (tertiary/aromatic N) is 2. The number of para-hydroxylation sites is 1. The van der Waals surface area contributed by atoms with Gasteiger partial charge in [-0.25, -0.2) is 5.43 Å². The molecule has 1 saturated heterocycles. The van der Waals surface area contributed by atoms with E-state index in [0.717, 1.165) is 6.21 Å². The lowest BCUT2D eigenvalue weighted by molar-refractivity contribution is -0.130. The number of phenols is 1. The third-order valence-electron chi connectivity index (χ3n) is 3.74. The molecule has 1 aliphatic heterocycles. The van der Waals surface area contributed by atoms with Crippen LogP contribution < -0.4 is 15.6 Å². The number of anilines is 1. The van der Waals surface area contributed by atoms with Gasteiger partial charge < -0.3 is 10.4 Å². The molecule has 1 aliphatic rings. The maximum absolute atomic E-state index is 12.7. The van der Waals surface area contributed by atoms with Crippen LogP contribution in [0, 0.1) is 5.92 Å². The Kier molecular flexibility index (Phi) is 5.23. The summed E-state index contributed by atoms with van der Waals surface area (Å²) in [6, 6.07) is 14.2. The van der Waals surface area contributed by atoms with Crippen molar-refractivity contribution >= 4 is 47.0 Å². The summed E-state index contributed by atoms with van der Waals surface area (Å²) >= 11 is 5.08. The summed E-state index contributed by atoms with van der Waals surface area (Å²) in [5.41, 5.74) is 3.01. The highest BCUT2D eigenvalue weighted by molar-refractivity contribution is 7.80. The van der Waals surface area contributed by atoms with Gasteiger partial charge in [-0.05, 0) is 48.6 Å². The van der Waals surface area contributed by atoms with E-state index < -0.39 is 23.6 Å². The summed E-state index contributed by atoms with van der Waals surface area (Å²) in [4.78, 5) is 38.0. The highest BCUT2D eigenvalue weighted by atomic mass is 32.1. The number of carbonyl (C=O) groups excluding carboxylic acids is 3. The number of nitrogens with one attached hydrogen (secondary N) is 2. The topological polar surface area (TPSA) is 111 Å². The standard InChI is InChI=1S/C18H14N4O4S/c23-13-8-6-11(7-9-13)15(24)21-19-10-14-16(25)20-18(27)22(17(14)26)12-4-2-1-3-5-12/h1-10,14,23H,(H,21,24)(H,20,25,27)/b19-10+/t14-/m1/s1. The lowest BCUT2D eigenvalue weighted by Crippen LogP contribution is -2.58. The third-order valence-corrected chi connectivity index (χ3v) is 4.02. The van der Waals surface area contributed by atoms with Gasteiger partial charge in [0.2, 0.25) is 5.91 Å². The minimum absolute atomic E-state index is 0.0195. The normalized spacial score (nSPS) is 17.1. The number of benzene rings is 2. The van der Waals surface area contributed by atoms with E-state index in [1.54, 1.807) is 30.3 Å². The van der Waals surface area contributed by atoms with Crippen molar-refractivity contribution in [2.75, 3.05) is 4.90 Å². The molecular formula is C18H14N4O4S. The van der Waals surface area contributed by atoms with Gasteiger partial charge in [0, 0.05) is 11.8 Å². The number of thiocarbonyl (C=S) groups is 1. The van der Waals surface area contributed by atoms with Gasteiger partial charge >= 0.3 is 0 Å². The maximum Gasteiger partial charge on any atom is 0.271 e. The molecule has 3 amide bonds. The van der Waals surface area contributed by atoms with E-state index in [-0.39, 0.29) is 16.4 Å². The lowest BCUT2D eigenvalue weighted by Gasteiger charge is -2.30. The summed E-state index contributed by atoms with van der Waals surface area (Å²) in [6.07, 6.45) is 1.05. The molecule has 3 N–H and O–H groups in total. The first-order valence-electron chi connectivity index (χ1n) is 7.84. The second-order valence-electron chi connectivity index (χ2n) is 5.55. The predicted octanol–water partition coefficient (Wildman–Crippen LogP) is 1.17. The van der Waals surface area contributed by atoms with Crippen molar-refractivity contribution in [2.24, 2.45) is 11.0 Å². The molecule has 0 aromatic heterocycles. The fraction of sp³-hybridized carbons (Fsp3) is 0.0556. The summed E-state index contributed by atoms with van der Waals surface area (Å²) in [5, 5.41) is 15.4. The summed E-state index contributed by atoms with van der Waals surface area (Å²) in [6.45, 7) is 0. The largest absolute Gasteiger partial charge is 0.508 e. The Morgan fingerprint density at radius 2 is 1.81 bits per heavy atom. The molecule has 3 rings (SSSR count). The number of phenolic OH excluding ortho intramolecular Hbond substituents is 1. The lowest BCUT2D eigenvalue weighted by atomic mass is 10.1. The van der Waals surface area contributed by atoms with Gasteiger partial charge in [-0.3, -0.25) is 19.3 Å². The van der Waals surface area contributed by atoms with Crippen LogP contribution in [-0.4, -0.2) is 34.2 Å². The van der Waals surface area contributed by atoms with E-state index in [1.807, 2.05) is 0 Å². The second kappa shape index (κ2) is 7.75. The van der Waals surface area contributed by atoms with Crippen LogP contribution in [0.5, 0.6) is 5.75 Å². The van der Waals surface area contributed by atoms with Crippen molar-refractivity contribution in [3.8, 4) is 5.75 Å². The molecule has 2 aromatic rings. The van der Waals surface area contributed by atoms with Gasteiger partial charge in [0.05, 0.1) is 5.69 Å². The first-order valence-corrected chi connectivity index (χ1v) is 8.24. The zero-order chi connectivity index (χ0) is 19.4. The summed E-state index contributed by atoms with van der Waals surface area (Å²) in [5.74, 6) is -2.96. The molecule has 0 bridgehead atoms. The van der Waals surface area contributed by atoms with Gasteiger partial charge in [-0.1, -0.05) is 18.2 Å². The highest BCUT2D eigenvalue weighted by Crippen LogP contribution is 2.19. The van der Waals surface area contributed by atoms with E-state index in [2.05, 4.69) is 15.8 Å². The number of rotatable bonds is 4. The van der Waals surface area contributed by atoms with Crippen LogP contribution in [0.2, 0.25) is 0 Å². The molecule has 0 unspecified atom stereocenters. The van der Waals surface area contributed by atoms with Crippen LogP contribution in [0.15, 0.2) is 59.7 Å². The van der Waals surface area contributed by atoms with E-state index in [0.29, 0.717) is 5.69 Å². The Balaban J connectivity index is 1.73. The van der Waals surface area contributed by atoms with Crippen molar-refractivity contribution in [2.45, 2.75) is 0 Å². The van der Waals surface area contributed by atoms with Crippen LogP contribution >= 0.6 is 12.2 Å². The van der Waals surface area contributed by atoms with Gasteiger partial charge in [0.1, 0.15) is 5.75 Å². The Bertz CT molecular complexity index is 928. The molecule has 0 spiro atoms. The number of hydrazone groups is 1. The second-order valence-corrected chi connectivity index (χ2v) is 5.93. The number of carbonyl (C=O) groups is 3. The van der Waals surface area contributed by atoms with Crippen LogP contribution in [-0.2, 0) is 9.59 Å². The molecule has 8 nitrogen and oxygen atoms in total. The Hall–Kier alpha value is -3.59. The van der Waals surface area contributed by atoms with Crippen LogP contribution in [0.3, 0.4) is 0 Å². The minimum atomic E-state index is -1.24. The first kappa shape index (κ1) is 18.2. The summed E-state index contributed by atoms with van der Waals surface area (Å²) < 4.78 is 0. The number of amides is 3. The molecule has 0 radical (unpaired) electrons. The Morgan fingerprint density at radius 3 is 2.48 bits per heavy atom. The minimum Gasteiger partial charge on any atom is -0.508 e. The van der Waals surface area contributed by atoms with Gasteiger partial charge in [-0.15, -0.1) is 0 Å². The monoisotopic (exact) mass is 382 g/mol. The zero-order valence-corrected chi connectivity index (χ0v) is 14.6. The molecule has 2 aromatic carbocycles. The molecule has 1 heterocycles. The Morgan fingerprint density at radius 1 is 1.15 bits per heavy atom. The third kappa shape index (κ3) is 3.98. The molecule has 0 aliphatic carbocycles. The van der Waals surface area contributed by atoms with Gasteiger partial charge in [-0.2, -0.15) is 5.10 Å². The number of hydrogen-bond donors (Lipinski definition) is 3. The number of aromatic hydroxyl groups is 1. The molecule has 1 fully saturated rings. The Labute approximate surface area is 159 Å². The average Bonchev–Trinajstić information content (AvgIpc) is 2.65. The molecule has 1 atom stereocenters. The first-order chi connectivity index (χ1) is 13.0. The van der Waals surface area contributed by atoms with Gasteiger partial charge in [0.15, 0.2) is 11.0 Å². The van der Waals surface area contributed by atoms with Crippen molar-refractivity contribution in [3.05, 3.63) is 60.2 Å². The molecule has 27 heavy (non-hydrogen) atoms. The predicted molar refractivity (Wildman–Crippen MR) is 102 cm³/mol. The summed E-state index contributed by atoms with van der Waals surface area (Å²) in [7, 11) is 0. The van der Waals surface area contributed by atoms with Crippen LogP contribution in [0.4, 0.5) is 5.69 Å². The van der Waals surface area contributed by atoms with Crippen molar-refractivity contribution in [1.29, 1.82) is 0 Å². The quantitative estimate of drug-likeness (QED) is 0.318. The van der Waals surface area contributed by atoms with E-state index in [1.165, 1.54) is 29.2 Å². The molecule has 136 valence electrons. The van der Waals surface area contributed by atoms with Crippen molar-refractivity contribution in [1.82, 2.24) is 10.7 Å². The smallest absolute Gasteiger partial charge is 0.271 e. The molecule has 9 heteroatoms. The highest BCUT2D eigenvalue weighted by Gasteiger charge is 2.38. The fourth-order valence-electron chi connectivity index (χ4n) is 2.39. The molecular weight excluding hydrogens is 368 g/mol. The van der Waals surface area contributed by atoms with Gasteiger partial charge in [0.25, 0.3) is 11.8 Å². The molecule has 0 saturated carbocycles. The van der Waals surface area contributed by atoms with Crippen molar-refractivity contribution in [3.63, 3.8) is 0 Å². The fourth-order valence-corrected chi connectivity index (χ4v) is 2.69. The van der Waals surface area contributed by atoms with Crippen LogP contribution in [0.1, 0.15) is 10.4 Å². The van der Waals surface area contributed by atoms with E-state index in [4.69, 9.17) is 12.2 Å². The number of hydrogen-bond acceptors (Lipinski definition) is 6. The van der Waals surface area contributed by atoms with E-state index in [9.17, 15) is 19.5 Å². The van der Waals surface area contributed by atoms with Crippen LogP contribution in [0.25, 0.3) is 0 Å². The van der Waals surface area contributed by atoms with Crippen molar-refractivity contribution < 1.29 is 19.5 Å². The maximum atomic E-state index is 12.7. The SMILES string of the molecule is O=C(N/N=C/[C@@H]1C(=O)NC(=S)N(c2ccccc2)C1=O)c1ccc(O)cc1. The van der Waals surface area contributed by atoms with E-state index >= 15 is 0 Å². The average molecular weight is 382 g/mol. The zero-order valence-electron chi connectivity index (χ0n) is 13.8.